The maximum absolute atomic E-state index is 5.52. The van der Waals surface area contributed by atoms with Gasteiger partial charge in [0.25, 0.3) is 0 Å². The minimum atomic E-state index is 0.527. The molecule has 0 amide bonds. The van der Waals surface area contributed by atoms with E-state index in [4.69, 9.17) is 4.74 Å². The van der Waals surface area contributed by atoms with Crippen molar-refractivity contribution in [3.8, 4) is 5.75 Å². The average molecular weight is 316 g/mol. The Hall–Kier alpha value is -1.02. The summed E-state index contributed by atoms with van der Waals surface area (Å²) < 4.78 is 5.52. The molecular formula is C21H33NO. The summed E-state index contributed by atoms with van der Waals surface area (Å²) in [4.78, 5) is 2.69. The monoisotopic (exact) mass is 315 g/mol. The number of hydrogen-bond donors (Lipinski definition) is 0. The van der Waals surface area contributed by atoms with Crippen LogP contribution in [-0.2, 0) is 6.42 Å². The van der Waals surface area contributed by atoms with E-state index in [2.05, 4.69) is 36.9 Å². The van der Waals surface area contributed by atoms with Crippen LogP contribution in [0, 0.1) is 5.41 Å². The Morgan fingerprint density at radius 3 is 2.91 bits per heavy atom. The SMILES string of the molecule is COc1cccc2c1CCC2CCCCN1CCCC(C)(C)C1. The molecule has 1 aromatic carbocycles. The third-order valence-corrected chi connectivity index (χ3v) is 5.83. The number of hydrogen-bond acceptors (Lipinski definition) is 2. The fraction of sp³-hybridized carbons (Fsp3) is 0.714. The van der Waals surface area contributed by atoms with E-state index in [-0.39, 0.29) is 0 Å². The summed E-state index contributed by atoms with van der Waals surface area (Å²) in [5.74, 6) is 1.86. The normalized spacial score (nSPS) is 23.7. The maximum Gasteiger partial charge on any atom is 0.122 e. The van der Waals surface area contributed by atoms with E-state index in [1.54, 1.807) is 12.7 Å². The Labute approximate surface area is 142 Å². The molecule has 0 N–H and O–H groups in total. The molecule has 1 fully saturated rings. The quantitative estimate of drug-likeness (QED) is 0.684. The fourth-order valence-electron chi connectivity index (χ4n) is 4.66. The van der Waals surface area contributed by atoms with Crippen molar-refractivity contribution >= 4 is 0 Å². The molecule has 1 aliphatic carbocycles. The van der Waals surface area contributed by atoms with E-state index in [0.29, 0.717) is 5.41 Å². The number of benzene rings is 1. The first-order chi connectivity index (χ1) is 11.1. The number of piperidine rings is 1. The molecule has 1 heterocycles. The molecule has 0 saturated carbocycles. The molecule has 0 bridgehead atoms. The molecule has 0 aromatic heterocycles. The Morgan fingerprint density at radius 2 is 2.13 bits per heavy atom. The summed E-state index contributed by atoms with van der Waals surface area (Å²) in [6, 6.07) is 6.59. The van der Waals surface area contributed by atoms with Gasteiger partial charge in [-0.2, -0.15) is 0 Å². The molecule has 128 valence electrons. The van der Waals surface area contributed by atoms with Gasteiger partial charge in [0.2, 0.25) is 0 Å². The summed E-state index contributed by atoms with van der Waals surface area (Å²) in [7, 11) is 1.79. The lowest BCUT2D eigenvalue weighted by atomic mass is 9.84. The van der Waals surface area contributed by atoms with Crippen LogP contribution in [0.15, 0.2) is 18.2 Å². The molecule has 3 rings (SSSR count). The highest BCUT2D eigenvalue weighted by Gasteiger charge is 2.27. The van der Waals surface area contributed by atoms with Gasteiger partial charge in [0.15, 0.2) is 0 Å². The average Bonchev–Trinajstić information content (AvgIpc) is 2.94. The number of unbranched alkanes of at least 4 members (excludes halogenated alkanes) is 1. The molecule has 0 radical (unpaired) electrons. The first-order valence-corrected chi connectivity index (χ1v) is 9.47. The van der Waals surface area contributed by atoms with E-state index in [9.17, 15) is 0 Å². The molecule has 23 heavy (non-hydrogen) atoms. The number of rotatable bonds is 6. The second kappa shape index (κ2) is 7.25. The lowest BCUT2D eigenvalue weighted by molar-refractivity contribution is 0.116. The summed E-state index contributed by atoms with van der Waals surface area (Å²) >= 11 is 0. The minimum Gasteiger partial charge on any atom is -0.496 e. The molecule has 2 aliphatic rings. The molecule has 1 unspecified atom stereocenters. The van der Waals surface area contributed by atoms with Gasteiger partial charge >= 0.3 is 0 Å². The van der Waals surface area contributed by atoms with Crippen molar-refractivity contribution in [3.63, 3.8) is 0 Å². The molecule has 1 aliphatic heterocycles. The number of ether oxygens (including phenoxy) is 1. The Kier molecular flexibility index (Phi) is 5.31. The summed E-state index contributed by atoms with van der Waals surface area (Å²) in [6.45, 7) is 8.73. The lowest BCUT2D eigenvalue weighted by Crippen LogP contribution is -2.40. The maximum atomic E-state index is 5.52. The van der Waals surface area contributed by atoms with Crippen LogP contribution in [-0.4, -0.2) is 31.6 Å². The van der Waals surface area contributed by atoms with Gasteiger partial charge in [0, 0.05) is 6.54 Å². The van der Waals surface area contributed by atoms with Crippen LogP contribution in [0.25, 0.3) is 0 Å². The van der Waals surface area contributed by atoms with Crippen molar-refractivity contribution in [1.82, 2.24) is 4.90 Å². The topological polar surface area (TPSA) is 12.5 Å². The standard InChI is InChI=1S/C21H33NO/c1-21(2)13-7-15-22(16-21)14-5-4-8-17-11-12-19-18(17)9-6-10-20(19)23-3/h6,9-10,17H,4-5,7-8,11-16H2,1-3H3. The Bertz CT molecular complexity index is 523. The van der Waals surface area contributed by atoms with Crippen molar-refractivity contribution < 1.29 is 4.74 Å². The molecule has 1 atom stereocenters. The van der Waals surface area contributed by atoms with Crippen LogP contribution >= 0.6 is 0 Å². The van der Waals surface area contributed by atoms with Crippen LogP contribution in [0.4, 0.5) is 0 Å². The molecular weight excluding hydrogens is 282 g/mol. The number of nitrogens with zero attached hydrogens (tertiary/aromatic N) is 1. The summed E-state index contributed by atoms with van der Waals surface area (Å²) in [5, 5.41) is 0. The highest BCUT2D eigenvalue weighted by atomic mass is 16.5. The van der Waals surface area contributed by atoms with Gasteiger partial charge in [-0.15, -0.1) is 0 Å². The van der Waals surface area contributed by atoms with Crippen molar-refractivity contribution in [3.05, 3.63) is 29.3 Å². The van der Waals surface area contributed by atoms with Crippen LogP contribution in [0.5, 0.6) is 5.75 Å². The van der Waals surface area contributed by atoms with Crippen LogP contribution in [0.1, 0.15) is 69.4 Å². The van der Waals surface area contributed by atoms with Crippen molar-refractivity contribution in [1.29, 1.82) is 0 Å². The van der Waals surface area contributed by atoms with Crippen LogP contribution in [0.2, 0.25) is 0 Å². The predicted octanol–water partition coefficient (Wildman–Crippen LogP) is 5.02. The third kappa shape index (κ3) is 4.09. The third-order valence-electron chi connectivity index (χ3n) is 5.83. The van der Waals surface area contributed by atoms with Gasteiger partial charge < -0.3 is 9.64 Å². The lowest BCUT2D eigenvalue weighted by Gasteiger charge is -2.38. The van der Waals surface area contributed by atoms with Crippen molar-refractivity contribution in [2.75, 3.05) is 26.7 Å². The van der Waals surface area contributed by atoms with Crippen molar-refractivity contribution in [2.24, 2.45) is 5.41 Å². The van der Waals surface area contributed by atoms with Gasteiger partial charge in [0.05, 0.1) is 7.11 Å². The van der Waals surface area contributed by atoms with Crippen LogP contribution < -0.4 is 4.74 Å². The number of methoxy groups -OCH3 is 1. The molecule has 1 saturated heterocycles. The van der Waals surface area contributed by atoms with Gasteiger partial charge in [-0.3, -0.25) is 0 Å². The van der Waals surface area contributed by atoms with E-state index in [1.807, 2.05) is 0 Å². The minimum absolute atomic E-state index is 0.527. The highest BCUT2D eigenvalue weighted by Crippen LogP contribution is 2.40. The summed E-state index contributed by atoms with van der Waals surface area (Å²) in [5.41, 5.74) is 3.56. The van der Waals surface area contributed by atoms with Gasteiger partial charge in [-0.05, 0) is 80.1 Å². The Balaban J connectivity index is 1.44. The van der Waals surface area contributed by atoms with Crippen LogP contribution in [0.3, 0.4) is 0 Å². The Morgan fingerprint density at radius 1 is 1.26 bits per heavy atom. The first-order valence-electron chi connectivity index (χ1n) is 9.47. The largest absolute Gasteiger partial charge is 0.496 e. The van der Waals surface area contributed by atoms with E-state index < -0.39 is 0 Å². The number of fused-ring (bicyclic) bond motifs is 1. The van der Waals surface area contributed by atoms with E-state index >= 15 is 0 Å². The predicted molar refractivity (Wildman–Crippen MR) is 97.4 cm³/mol. The van der Waals surface area contributed by atoms with Gasteiger partial charge in [-0.1, -0.05) is 32.4 Å². The van der Waals surface area contributed by atoms with Gasteiger partial charge in [-0.25, -0.2) is 0 Å². The van der Waals surface area contributed by atoms with Crippen molar-refractivity contribution in [2.45, 2.75) is 64.7 Å². The molecule has 1 aromatic rings. The second-order valence-corrected chi connectivity index (χ2v) is 8.30. The first kappa shape index (κ1) is 16.8. The van der Waals surface area contributed by atoms with Gasteiger partial charge in [0.1, 0.15) is 5.75 Å². The highest BCUT2D eigenvalue weighted by molar-refractivity contribution is 5.45. The molecule has 2 heteroatoms. The zero-order valence-corrected chi connectivity index (χ0v) is 15.2. The number of likely N-dealkylation sites (tertiary alicyclic amines) is 1. The molecule has 2 nitrogen and oxygen atoms in total. The fourth-order valence-corrected chi connectivity index (χ4v) is 4.66. The van der Waals surface area contributed by atoms with E-state index in [0.717, 1.165) is 11.7 Å². The zero-order chi connectivity index (χ0) is 16.3. The molecule has 0 spiro atoms. The second-order valence-electron chi connectivity index (χ2n) is 8.30. The zero-order valence-electron chi connectivity index (χ0n) is 15.2. The summed E-state index contributed by atoms with van der Waals surface area (Å²) in [6.07, 6.45) is 9.34. The smallest absolute Gasteiger partial charge is 0.122 e. The van der Waals surface area contributed by atoms with E-state index in [1.165, 1.54) is 70.1 Å².